The zero-order valence-electron chi connectivity index (χ0n) is 12.2. The Labute approximate surface area is 118 Å². The van der Waals surface area contributed by atoms with Crippen molar-refractivity contribution in [3.8, 4) is 11.5 Å². The molecule has 0 atom stereocenters. The summed E-state index contributed by atoms with van der Waals surface area (Å²) >= 11 is 0. The van der Waals surface area contributed by atoms with Crippen molar-refractivity contribution in [2.45, 2.75) is 33.0 Å². The smallest absolute Gasteiger partial charge is 0.344 e. The highest BCUT2D eigenvalue weighted by Gasteiger charge is 2.18. The molecular weight excluding hydrogens is 262 g/mol. The zero-order chi connectivity index (χ0) is 15.3. The van der Waals surface area contributed by atoms with Gasteiger partial charge in [0.1, 0.15) is 5.60 Å². The standard InChI is InChI=1S/C14H21NO5/c1-14(2,3)20-12(17)8-19-13-9(7-16)5-10(15)6-11(13)18-4/h5-6,16H,7-8,15H2,1-4H3. The lowest BCUT2D eigenvalue weighted by Crippen LogP contribution is -2.27. The minimum atomic E-state index is -0.578. The van der Waals surface area contributed by atoms with Crippen molar-refractivity contribution in [3.63, 3.8) is 0 Å². The summed E-state index contributed by atoms with van der Waals surface area (Å²) in [6.07, 6.45) is 0. The summed E-state index contributed by atoms with van der Waals surface area (Å²) in [5.41, 5.74) is 5.99. The number of rotatable bonds is 5. The van der Waals surface area contributed by atoms with Gasteiger partial charge in [-0.25, -0.2) is 4.79 Å². The van der Waals surface area contributed by atoms with Crippen LogP contribution < -0.4 is 15.2 Å². The molecule has 0 aromatic heterocycles. The van der Waals surface area contributed by atoms with E-state index < -0.39 is 11.6 Å². The van der Waals surface area contributed by atoms with Crippen LogP contribution in [0.25, 0.3) is 0 Å². The quantitative estimate of drug-likeness (QED) is 0.628. The van der Waals surface area contributed by atoms with Crippen molar-refractivity contribution >= 4 is 11.7 Å². The highest BCUT2D eigenvalue weighted by Crippen LogP contribution is 2.34. The molecule has 0 aliphatic heterocycles. The Hall–Kier alpha value is -1.95. The number of esters is 1. The van der Waals surface area contributed by atoms with Gasteiger partial charge in [0.05, 0.1) is 13.7 Å². The number of nitrogens with two attached hydrogens (primary N) is 1. The second-order valence-corrected chi connectivity index (χ2v) is 5.24. The number of hydrogen-bond donors (Lipinski definition) is 2. The number of ether oxygens (including phenoxy) is 3. The Kier molecular flexibility index (Phi) is 5.21. The number of nitrogen functional groups attached to an aromatic ring is 1. The molecule has 0 spiro atoms. The number of hydrogen-bond acceptors (Lipinski definition) is 6. The average molecular weight is 283 g/mol. The van der Waals surface area contributed by atoms with Crippen LogP contribution >= 0.6 is 0 Å². The van der Waals surface area contributed by atoms with E-state index >= 15 is 0 Å². The Morgan fingerprint density at radius 1 is 1.35 bits per heavy atom. The third-order valence-electron chi connectivity index (χ3n) is 2.30. The summed E-state index contributed by atoms with van der Waals surface area (Å²) in [6.45, 7) is 4.77. The van der Waals surface area contributed by atoms with Crippen LogP contribution in [0.2, 0.25) is 0 Å². The predicted molar refractivity (Wildman–Crippen MR) is 74.7 cm³/mol. The van der Waals surface area contributed by atoms with Crippen molar-refractivity contribution in [3.05, 3.63) is 17.7 Å². The lowest BCUT2D eigenvalue weighted by molar-refractivity contribution is -0.157. The van der Waals surface area contributed by atoms with Crippen LogP contribution in [-0.2, 0) is 16.1 Å². The highest BCUT2D eigenvalue weighted by molar-refractivity contribution is 5.72. The van der Waals surface area contributed by atoms with Crippen molar-refractivity contribution in [1.82, 2.24) is 0 Å². The zero-order valence-corrected chi connectivity index (χ0v) is 12.2. The van der Waals surface area contributed by atoms with Crippen molar-refractivity contribution in [2.75, 3.05) is 19.5 Å². The first kappa shape index (κ1) is 16.1. The van der Waals surface area contributed by atoms with Gasteiger partial charge >= 0.3 is 5.97 Å². The lowest BCUT2D eigenvalue weighted by atomic mass is 10.1. The highest BCUT2D eigenvalue weighted by atomic mass is 16.6. The lowest BCUT2D eigenvalue weighted by Gasteiger charge is -2.20. The van der Waals surface area contributed by atoms with E-state index in [2.05, 4.69) is 0 Å². The van der Waals surface area contributed by atoms with E-state index in [1.165, 1.54) is 7.11 Å². The summed E-state index contributed by atoms with van der Waals surface area (Å²) < 4.78 is 15.7. The topological polar surface area (TPSA) is 91.0 Å². The molecular formula is C14H21NO5. The fourth-order valence-electron chi connectivity index (χ4n) is 1.62. The van der Waals surface area contributed by atoms with E-state index in [0.717, 1.165) is 0 Å². The molecule has 0 unspecified atom stereocenters. The van der Waals surface area contributed by atoms with Crippen molar-refractivity contribution in [1.29, 1.82) is 0 Å². The van der Waals surface area contributed by atoms with Crippen LogP contribution in [-0.4, -0.2) is 30.4 Å². The summed E-state index contributed by atoms with van der Waals surface area (Å²) in [5.74, 6) is 0.146. The molecule has 0 aliphatic carbocycles. The van der Waals surface area contributed by atoms with Gasteiger partial charge in [0.25, 0.3) is 0 Å². The van der Waals surface area contributed by atoms with E-state index in [-0.39, 0.29) is 19.0 Å². The van der Waals surface area contributed by atoms with Crippen LogP contribution in [0.5, 0.6) is 11.5 Å². The summed E-state index contributed by atoms with van der Waals surface area (Å²) in [4.78, 5) is 11.6. The van der Waals surface area contributed by atoms with E-state index in [0.29, 0.717) is 17.0 Å². The number of anilines is 1. The summed E-state index contributed by atoms with van der Waals surface area (Å²) in [5, 5.41) is 9.31. The Balaban J connectivity index is 2.84. The van der Waals surface area contributed by atoms with E-state index in [4.69, 9.17) is 19.9 Å². The Bertz CT molecular complexity index is 454. The van der Waals surface area contributed by atoms with Crippen molar-refractivity contribution in [2.24, 2.45) is 0 Å². The van der Waals surface area contributed by atoms with E-state index in [1.54, 1.807) is 32.9 Å². The molecule has 6 nitrogen and oxygen atoms in total. The fraction of sp³-hybridized carbons (Fsp3) is 0.500. The van der Waals surface area contributed by atoms with Gasteiger partial charge in [-0.3, -0.25) is 0 Å². The number of benzene rings is 1. The SMILES string of the molecule is COc1cc(N)cc(CO)c1OCC(=O)OC(C)(C)C. The molecule has 6 heteroatoms. The summed E-state index contributed by atoms with van der Waals surface area (Å²) in [7, 11) is 1.45. The Morgan fingerprint density at radius 2 is 2.00 bits per heavy atom. The van der Waals surface area contributed by atoms with Gasteiger partial charge in [-0.15, -0.1) is 0 Å². The molecule has 0 saturated heterocycles. The summed E-state index contributed by atoms with van der Waals surface area (Å²) in [6, 6.07) is 3.12. The van der Waals surface area contributed by atoms with E-state index in [9.17, 15) is 9.90 Å². The van der Waals surface area contributed by atoms with Gasteiger partial charge in [-0.2, -0.15) is 0 Å². The molecule has 1 rings (SSSR count). The minimum absolute atomic E-state index is 0.273. The molecule has 0 bridgehead atoms. The first-order valence-electron chi connectivity index (χ1n) is 6.18. The van der Waals surface area contributed by atoms with Gasteiger partial charge in [0.2, 0.25) is 0 Å². The molecule has 20 heavy (non-hydrogen) atoms. The molecule has 0 aliphatic rings. The molecule has 0 amide bonds. The normalized spacial score (nSPS) is 11.1. The Morgan fingerprint density at radius 3 is 2.50 bits per heavy atom. The maximum absolute atomic E-state index is 11.6. The number of aliphatic hydroxyl groups is 1. The molecule has 0 heterocycles. The van der Waals surface area contributed by atoms with Crippen LogP contribution in [0.15, 0.2) is 12.1 Å². The van der Waals surface area contributed by atoms with E-state index in [1.807, 2.05) is 0 Å². The van der Waals surface area contributed by atoms with Crippen molar-refractivity contribution < 1.29 is 24.1 Å². The maximum atomic E-state index is 11.6. The maximum Gasteiger partial charge on any atom is 0.344 e. The first-order chi connectivity index (χ1) is 9.26. The van der Waals surface area contributed by atoms with Crippen LogP contribution in [0.3, 0.4) is 0 Å². The van der Waals surface area contributed by atoms with Crippen LogP contribution in [0.1, 0.15) is 26.3 Å². The van der Waals surface area contributed by atoms with Gasteiger partial charge < -0.3 is 25.1 Å². The predicted octanol–water partition coefficient (Wildman–Crippen LogP) is 1.49. The largest absolute Gasteiger partial charge is 0.493 e. The molecule has 0 fully saturated rings. The molecule has 1 aromatic carbocycles. The minimum Gasteiger partial charge on any atom is -0.493 e. The fourth-order valence-corrected chi connectivity index (χ4v) is 1.62. The molecule has 1 aromatic rings. The number of carbonyl (C=O) groups is 1. The van der Waals surface area contributed by atoms with Gasteiger partial charge in [-0.1, -0.05) is 0 Å². The molecule has 0 saturated carbocycles. The third kappa shape index (κ3) is 4.62. The third-order valence-corrected chi connectivity index (χ3v) is 2.30. The van der Waals surface area contributed by atoms with Crippen LogP contribution in [0.4, 0.5) is 5.69 Å². The second kappa shape index (κ2) is 6.47. The second-order valence-electron chi connectivity index (χ2n) is 5.24. The van der Waals surface area contributed by atoms with Gasteiger partial charge in [0.15, 0.2) is 18.1 Å². The number of carbonyl (C=O) groups excluding carboxylic acids is 1. The molecule has 112 valence electrons. The monoisotopic (exact) mass is 283 g/mol. The van der Waals surface area contributed by atoms with Crippen LogP contribution in [0, 0.1) is 0 Å². The van der Waals surface area contributed by atoms with Gasteiger partial charge in [-0.05, 0) is 26.8 Å². The number of aliphatic hydroxyl groups excluding tert-OH is 1. The molecule has 3 N–H and O–H groups in total. The van der Waals surface area contributed by atoms with Gasteiger partial charge in [0, 0.05) is 17.3 Å². The first-order valence-corrected chi connectivity index (χ1v) is 6.18. The average Bonchev–Trinajstić information content (AvgIpc) is 2.33. The molecule has 0 radical (unpaired) electrons. The number of methoxy groups -OCH3 is 1.